The highest BCUT2D eigenvalue weighted by molar-refractivity contribution is 5.67. The fourth-order valence-electron chi connectivity index (χ4n) is 1.29. The van der Waals surface area contributed by atoms with Crippen molar-refractivity contribution in [2.24, 2.45) is 0 Å². The summed E-state index contributed by atoms with van der Waals surface area (Å²) in [5.41, 5.74) is 1.22. The van der Waals surface area contributed by atoms with Gasteiger partial charge in [-0.25, -0.2) is 0 Å². The van der Waals surface area contributed by atoms with Crippen LogP contribution in [0.4, 0.5) is 11.5 Å². The second-order valence-electron chi connectivity index (χ2n) is 2.59. The first-order valence-electron chi connectivity index (χ1n) is 3.50. The van der Waals surface area contributed by atoms with E-state index in [1.165, 1.54) is 11.5 Å². The van der Waals surface area contributed by atoms with Gasteiger partial charge in [0.15, 0.2) is 0 Å². The number of hydrogen-bond acceptors (Lipinski definition) is 2. The molecule has 1 aromatic rings. The van der Waals surface area contributed by atoms with Crippen molar-refractivity contribution in [2.45, 2.75) is 0 Å². The quantitative estimate of drug-likeness (QED) is 0.556. The number of likely N-dealkylation sites (N-methyl/N-ethyl adjacent to an activating group) is 1. The number of anilines is 2. The molecule has 0 atom stereocenters. The molecule has 54 valence electrons. The Morgan fingerprint density at radius 1 is 1.60 bits per heavy atom. The van der Waals surface area contributed by atoms with Gasteiger partial charge in [-0.15, -0.1) is 0 Å². The Kier molecular flexibility index (Phi) is 1.09. The molecule has 3 nitrogen and oxygen atoms in total. The van der Waals surface area contributed by atoms with Crippen LogP contribution < -0.4 is 10.2 Å². The third kappa shape index (κ3) is 0.667. The molecule has 0 amide bonds. The van der Waals surface area contributed by atoms with Gasteiger partial charge < -0.3 is 15.2 Å². The molecule has 3 heteroatoms. The van der Waals surface area contributed by atoms with Gasteiger partial charge in [0.1, 0.15) is 5.82 Å². The third-order valence-corrected chi connectivity index (χ3v) is 1.87. The van der Waals surface area contributed by atoms with Gasteiger partial charge >= 0.3 is 0 Å². The number of aromatic nitrogens is 1. The third-order valence-electron chi connectivity index (χ3n) is 1.87. The second kappa shape index (κ2) is 1.94. The Bertz CT molecular complexity index is 229. The lowest BCUT2D eigenvalue weighted by Gasteiger charge is -2.25. The van der Waals surface area contributed by atoms with E-state index in [-0.39, 0.29) is 0 Å². The second-order valence-corrected chi connectivity index (χ2v) is 2.59. The van der Waals surface area contributed by atoms with Crippen LogP contribution in [-0.2, 0) is 0 Å². The SMILES string of the molecule is CN1CCNc2cc[nH]c21. The smallest absolute Gasteiger partial charge is 0.129 e. The Labute approximate surface area is 60.0 Å². The molecule has 0 saturated heterocycles. The summed E-state index contributed by atoms with van der Waals surface area (Å²) in [6.07, 6.45) is 1.96. The summed E-state index contributed by atoms with van der Waals surface area (Å²) in [6.45, 7) is 2.12. The van der Waals surface area contributed by atoms with Crippen molar-refractivity contribution in [2.75, 3.05) is 30.4 Å². The van der Waals surface area contributed by atoms with E-state index in [0.717, 1.165) is 13.1 Å². The summed E-state index contributed by atoms with van der Waals surface area (Å²) in [6, 6.07) is 2.06. The van der Waals surface area contributed by atoms with Gasteiger partial charge in [0.05, 0.1) is 5.69 Å². The number of hydrogen-bond donors (Lipinski definition) is 2. The van der Waals surface area contributed by atoms with E-state index in [9.17, 15) is 0 Å². The van der Waals surface area contributed by atoms with Gasteiger partial charge in [0.25, 0.3) is 0 Å². The zero-order valence-corrected chi connectivity index (χ0v) is 6.02. The molecule has 1 aliphatic rings. The Morgan fingerprint density at radius 3 is 3.30 bits per heavy atom. The summed E-state index contributed by atoms with van der Waals surface area (Å²) in [4.78, 5) is 5.38. The van der Waals surface area contributed by atoms with E-state index in [2.05, 4.69) is 28.3 Å². The summed E-state index contributed by atoms with van der Waals surface area (Å²) in [5.74, 6) is 1.20. The first-order chi connectivity index (χ1) is 4.88. The number of aromatic amines is 1. The first kappa shape index (κ1) is 5.65. The molecular formula is C7H11N3. The maximum absolute atomic E-state index is 3.30. The largest absolute Gasteiger partial charge is 0.380 e. The van der Waals surface area contributed by atoms with E-state index in [4.69, 9.17) is 0 Å². The van der Waals surface area contributed by atoms with Crippen molar-refractivity contribution in [3.8, 4) is 0 Å². The highest BCUT2D eigenvalue weighted by Gasteiger charge is 2.12. The number of fused-ring (bicyclic) bond motifs is 1. The van der Waals surface area contributed by atoms with Crippen molar-refractivity contribution in [1.82, 2.24) is 4.98 Å². The van der Waals surface area contributed by atoms with Crippen molar-refractivity contribution in [3.05, 3.63) is 12.3 Å². The zero-order chi connectivity index (χ0) is 6.97. The molecule has 0 aromatic carbocycles. The molecule has 1 aliphatic heterocycles. The van der Waals surface area contributed by atoms with Gasteiger partial charge in [-0.05, 0) is 6.07 Å². The predicted octanol–water partition coefficient (Wildman–Crippen LogP) is 0.876. The predicted molar refractivity (Wildman–Crippen MR) is 42.6 cm³/mol. The number of H-pyrrole nitrogens is 1. The van der Waals surface area contributed by atoms with Gasteiger partial charge in [0, 0.05) is 26.3 Å². The molecule has 0 radical (unpaired) electrons. The van der Waals surface area contributed by atoms with Crippen molar-refractivity contribution >= 4 is 11.5 Å². The summed E-state index contributed by atoms with van der Waals surface area (Å²) in [7, 11) is 2.09. The first-order valence-corrected chi connectivity index (χ1v) is 3.50. The monoisotopic (exact) mass is 137 g/mol. The van der Waals surface area contributed by atoms with Crippen molar-refractivity contribution < 1.29 is 0 Å². The molecule has 2 heterocycles. The van der Waals surface area contributed by atoms with Crippen LogP contribution in [0.3, 0.4) is 0 Å². The van der Waals surface area contributed by atoms with Crippen LogP contribution in [0, 0.1) is 0 Å². The molecule has 0 bridgehead atoms. The fraction of sp³-hybridized carbons (Fsp3) is 0.429. The van der Waals surface area contributed by atoms with E-state index in [1.807, 2.05) is 6.20 Å². The topological polar surface area (TPSA) is 31.1 Å². The summed E-state index contributed by atoms with van der Waals surface area (Å²) in [5, 5.41) is 3.30. The van der Waals surface area contributed by atoms with Crippen molar-refractivity contribution in [3.63, 3.8) is 0 Å². The maximum Gasteiger partial charge on any atom is 0.129 e. The summed E-state index contributed by atoms with van der Waals surface area (Å²) < 4.78 is 0. The maximum atomic E-state index is 3.30. The standard InChI is InChI=1S/C7H11N3/c1-10-5-4-8-6-2-3-9-7(6)10/h2-3,8-9H,4-5H2,1H3. The van der Waals surface area contributed by atoms with Crippen LogP contribution in [0.1, 0.15) is 0 Å². The average Bonchev–Trinajstić information content (AvgIpc) is 2.36. The Hall–Kier alpha value is -1.12. The number of rotatable bonds is 0. The van der Waals surface area contributed by atoms with E-state index < -0.39 is 0 Å². The Balaban J connectivity index is 2.41. The van der Waals surface area contributed by atoms with Gasteiger partial charge in [0.2, 0.25) is 0 Å². The average molecular weight is 137 g/mol. The van der Waals surface area contributed by atoms with Crippen LogP contribution in [0.5, 0.6) is 0 Å². The molecule has 2 N–H and O–H groups in total. The van der Waals surface area contributed by atoms with Crippen LogP contribution >= 0.6 is 0 Å². The minimum atomic E-state index is 1.04. The van der Waals surface area contributed by atoms with E-state index in [0.29, 0.717) is 0 Å². The lowest BCUT2D eigenvalue weighted by atomic mass is 10.3. The molecule has 1 aromatic heterocycles. The summed E-state index contributed by atoms with van der Waals surface area (Å²) >= 11 is 0. The van der Waals surface area contributed by atoms with Crippen LogP contribution in [0.2, 0.25) is 0 Å². The lowest BCUT2D eigenvalue weighted by Crippen LogP contribution is -2.29. The molecule has 0 fully saturated rings. The highest BCUT2D eigenvalue weighted by Crippen LogP contribution is 2.24. The molecular weight excluding hydrogens is 126 g/mol. The van der Waals surface area contributed by atoms with Crippen LogP contribution in [0.15, 0.2) is 12.3 Å². The van der Waals surface area contributed by atoms with Gasteiger partial charge in [-0.1, -0.05) is 0 Å². The highest BCUT2D eigenvalue weighted by atomic mass is 15.2. The molecule has 0 spiro atoms. The minimum Gasteiger partial charge on any atom is -0.380 e. The van der Waals surface area contributed by atoms with Gasteiger partial charge in [-0.2, -0.15) is 0 Å². The van der Waals surface area contributed by atoms with Crippen LogP contribution in [-0.4, -0.2) is 25.1 Å². The molecule has 0 unspecified atom stereocenters. The van der Waals surface area contributed by atoms with E-state index in [1.54, 1.807) is 0 Å². The minimum absolute atomic E-state index is 1.04. The number of nitrogens with zero attached hydrogens (tertiary/aromatic N) is 1. The van der Waals surface area contributed by atoms with Crippen LogP contribution in [0.25, 0.3) is 0 Å². The molecule has 0 aliphatic carbocycles. The Morgan fingerprint density at radius 2 is 2.50 bits per heavy atom. The van der Waals surface area contributed by atoms with Gasteiger partial charge in [-0.3, -0.25) is 0 Å². The molecule has 10 heavy (non-hydrogen) atoms. The normalized spacial score (nSPS) is 16.3. The fourth-order valence-corrected chi connectivity index (χ4v) is 1.29. The molecule has 0 saturated carbocycles. The van der Waals surface area contributed by atoms with E-state index >= 15 is 0 Å². The lowest BCUT2D eigenvalue weighted by molar-refractivity contribution is 0.873. The number of nitrogens with one attached hydrogen (secondary N) is 2. The van der Waals surface area contributed by atoms with Crippen molar-refractivity contribution in [1.29, 1.82) is 0 Å². The zero-order valence-electron chi connectivity index (χ0n) is 6.02. The molecule has 2 rings (SSSR count).